The molecule has 2 aliphatic heterocycles. The fourth-order valence-electron chi connectivity index (χ4n) is 4.12. The second kappa shape index (κ2) is 9.81. The Balaban J connectivity index is 1.73. The number of allylic oxidation sites excluding steroid dienone is 1. The monoisotopic (exact) mass is 405 g/mol. The Bertz CT molecular complexity index is 665. The van der Waals surface area contributed by atoms with Crippen molar-refractivity contribution < 1.29 is 19.0 Å². The maximum absolute atomic E-state index is 12.6. The van der Waals surface area contributed by atoms with Crippen molar-refractivity contribution in [3.05, 3.63) is 42.5 Å². The van der Waals surface area contributed by atoms with Crippen LogP contribution in [0.4, 0.5) is 4.79 Å². The van der Waals surface area contributed by atoms with E-state index in [4.69, 9.17) is 14.2 Å². The summed E-state index contributed by atoms with van der Waals surface area (Å²) < 4.78 is 17.7. The fourth-order valence-corrected chi connectivity index (χ4v) is 5.21. The lowest BCUT2D eigenvalue weighted by Gasteiger charge is -2.46. The van der Waals surface area contributed by atoms with Gasteiger partial charge in [-0.3, -0.25) is 4.79 Å². The second-order valence-electron chi connectivity index (χ2n) is 7.44. The number of unbranched alkanes of at least 4 members (excludes halogenated alkanes) is 1. The Morgan fingerprint density at radius 2 is 2.14 bits per heavy atom. The minimum atomic E-state index is -0.720. The largest absolute Gasteiger partial charge is 0.497 e. The normalized spacial score (nSPS) is 27.8. The van der Waals surface area contributed by atoms with Gasteiger partial charge in [0.25, 0.3) is 5.24 Å². The highest BCUT2D eigenvalue weighted by molar-refractivity contribution is 8.13. The zero-order valence-electron chi connectivity index (χ0n) is 16.9. The van der Waals surface area contributed by atoms with Gasteiger partial charge in [0.15, 0.2) is 5.79 Å². The molecule has 3 atom stereocenters. The van der Waals surface area contributed by atoms with Gasteiger partial charge in [0, 0.05) is 25.8 Å². The van der Waals surface area contributed by atoms with Crippen LogP contribution in [0.25, 0.3) is 0 Å². The van der Waals surface area contributed by atoms with Crippen molar-refractivity contribution in [3.63, 3.8) is 0 Å². The van der Waals surface area contributed by atoms with Gasteiger partial charge in [-0.05, 0) is 49.8 Å². The Kier molecular flexibility index (Phi) is 7.43. The highest BCUT2D eigenvalue weighted by Crippen LogP contribution is 2.41. The van der Waals surface area contributed by atoms with E-state index in [0.717, 1.165) is 49.8 Å². The molecule has 3 rings (SSSR count). The van der Waals surface area contributed by atoms with E-state index in [1.807, 2.05) is 35.2 Å². The van der Waals surface area contributed by atoms with Gasteiger partial charge in [0.05, 0.1) is 19.3 Å². The highest BCUT2D eigenvalue weighted by Gasteiger charge is 2.51. The van der Waals surface area contributed by atoms with Gasteiger partial charge in [0.1, 0.15) is 5.75 Å². The molecule has 0 aliphatic carbocycles. The van der Waals surface area contributed by atoms with E-state index in [-0.39, 0.29) is 17.4 Å². The first kappa shape index (κ1) is 21.2. The number of hydrogen-bond acceptors (Lipinski definition) is 5. The predicted molar refractivity (Wildman–Crippen MR) is 113 cm³/mol. The van der Waals surface area contributed by atoms with Crippen molar-refractivity contribution in [3.8, 4) is 5.75 Å². The Morgan fingerprint density at radius 1 is 1.36 bits per heavy atom. The number of nitrogens with zero attached hydrogens (tertiary/aromatic N) is 1. The molecule has 1 aromatic rings. The lowest BCUT2D eigenvalue weighted by molar-refractivity contribution is -0.290. The van der Waals surface area contributed by atoms with Gasteiger partial charge in [-0.25, -0.2) is 0 Å². The number of methoxy groups -OCH3 is 2. The van der Waals surface area contributed by atoms with Crippen molar-refractivity contribution >= 4 is 17.0 Å². The van der Waals surface area contributed by atoms with Gasteiger partial charge >= 0.3 is 0 Å². The second-order valence-corrected chi connectivity index (χ2v) is 8.41. The molecule has 1 aromatic carbocycles. The number of ether oxygens (including phenoxy) is 3. The molecule has 2 fully saturated rings. The number of carbonyl (C=O) groups is 1. The van der Waals surface area contributed by atoms with Crippen LogP contribution in [0.3, 0.4) is 0 Å². The third-order valence-electron chi connectivity index (χ3n) is 5.69. The molecule has 0 saturated carbocycles. The van der Waals surface area contributed by atoms with Crippen molar-refractivity contribution in [1.82, 2.24) is 4.90 Å². The highest BCUT2D eigenvalue weighted by atomic mass is 32.2. The van der Waals surface area contributed by atoms with Crippen molar-refractivity contribution in [2.45, 2.75) is 63.0 Å². The van der Waals surface area contributed by atoms with Crippen LogP contribution in [0.1, 0.15) is 44.1 Å². The molecule has 0 spiro atoms. The van der Waals surface area contributed by atoms with E-state index in [9.17, 15) is 4.79 Å². The summed E-state index contributed by atoms with van der Waals surface area (Å²) in [5.41, 5.74) is 1.08. The van der Waals surface area contributed by atoms with Crippen LogP contribution in [-0.4, -0.2) is 48.0 Å². The van der Waals surface area contributed by atoms with Crippen LogP contribution in [0.5, 0.6) is 5.75 Å². The zero-order valence-corrected chi connectivity index (χ0v) is 17.7. The third kappa shape index (κ3) is 4.73. The first-order valence-electron chi connectivity index (χ1n) is 10.0. The van der Waals surface area contributed by atoms with E-state index >= 15 is 0 Å². The molecular formula is C22H31NO4S. The third-order valence-corrected chi connectivity index (χ3v) is 6.66. The Labute approximate surface area is 172 Å². The molecule has 0 unspecified atom stereocenters. The molecular weight excluding hydrogens is 374 g/mol. The summed E-state index contributed by atoms with van der Waals surface area (Å²) in [5, 5.41) is 0.0922. The molecule has 1 amide bonds. The summed E-state index contributed by atoms with van der Waals surface area (Å²) in [6, 6.07) is 7.78. The molecule has 2 aliphatic rings. The molecule has 154 valence electrons. The number of amides is 1. The Morgan fingerprint density at radius 3 is 2.82 bits per heavy atom. The minimum absolute atomic E-state index is 0.0840. The molecule has 5 nitrogen and oxygen atoms in total. The van der Waals surface area contributed by atoms with Crippen LogP contribution in [0.2, 0.25) is 0 Å². The molecule has 2 heterocycles. The summed E-state index contributed by atoms with van der Waals surface area (Å²) >= 11 is 1.36. The van der Waals surface area contributed by atoms with Crippen molar-refractivity contribution in [2.24, 2.45) is 0 Å². The van der Waals surface area contributed by atoms with Gasteiger partial charge in [0.2, 0.25) is 0 Å². The van der Waals surface area contributed by atoms with Crippen LogP contribution in [0.15, 0.2) is 36.9 Å². The first-order chi connectivity index (χ1) is 13.6. The van der Waals surface area contributed by atoms with Gasteiger partial charge < -0.3 is 19.1 Å². The smallest absolute Gasteiger partial charge is 0.282 e. The number of hydrogen-bond donors (Lipinski definition) is 0. The molecule has 6 heteroatoms. The van der Waals surface area contributed by atoms with Crippen molar-refractivity contribution in [1.29, 1.82) is 0 Å². The topological polar surface area (TPSA) is 48.0 Å². The standard InChI is InChI=1S/C22H31NO4S/c1-4-5-6-8-19-9-7-14-22(26-3,27-19)20-16-28-21(24)23(20)15-17-10-12-18(25-2)13-11-17/h4,10-13,19-20H,1,5-9,14-16H2,2-3H3/t19-,20-,22+/m0/s1. The number of thioether (sulfide) groups is 1. The van der Waals surface area contributed by atoms with E-state index in [1.165, 1.54) is 11.8 Å². The van der Waals surface area contributed by atoms with Crippen molar-refractivity contribution in [2.75, 3.05) is 20.0 Å². The van der Waals surface area contributed by atoms with Crippen LogP contribution in [0, 0.1) is 0 Å². The zero-order chi connectivity index (χ0) is 20.0. The molecule has 0 radical (unpaired) electrons. The lowest BCUT2D eigenvalue weighted by atomic mass is 9.93. The number of benzene rings is 1. The van der Waals surface area contributed by atoms with E-state index in [2.05, 4.69) is 6.58 Å². The molecule has 0 aromatic heterocycles. The predicted octanol–water partition coefficient (Wildman–Crippen LogP) is 5.00. The quantitative estimate of drug-likeness (QED) is 0.427. The maximum Gasteiger partial charge on any atom is 0.282 e. The molecule has 0 N–H and O–H groups in total. The SMILES string of the molecule is C=CCCC[C@H]1CCC[C@](OC)([C@@H]2CSC(=O)N2Cc2ccc(OC)cc2)O1. The van der Waals surface area contributed by atoms with E-state index in [0.29, 0.717) is 12.3 Å². The van der Waals surface area contributed by atoms with Crippen LogP contribution in [-0.2, 0) is 16.0 Å². The van der Waals surface area contributed by atoms with Gasteiger partial charge in [-0.1, -0.05) is 30.0 Å². The lowest BCUT2D eigenvalue weighted by Crippen LogP contribution is -2.57. The maximum atomic E-state index is 12.6. The van der Waals surface area contributed by atoms with Crippen LogP contribution >= 0.6 is 11.8 Å². The summed E-state index contributed by atoms with van der Waals surface area (Å²) in [7, 11) is 3.37. The minimum Gasteiger partial charge on any atom is -0.497 e. The summed E-state index contributed by atoms with van der Waals surface area (Å²) in [4.78, 5) is 14.6. The van der Waals surface area contributed by atoms with E-state index in [1.54, 1.807) is 14.2 Å². The van der Waals surface area contributed by atoms with Gasteiger partial charge in [-0.2, -0.15) is 0 Å². The first-order valence-corrected chi connectivity index (χ1v) is 11.0. The summed E-state index contributed by atoms with van der Waals surface area (Å²) in [6.45, 7) is 4.35. The molecule has 2 saturated heterocycles. The fraction of sp³-hybridized carbons (Fsp3) is 0.591. The number of carbonyl (C=O) groups excluding carboxylic acids is 1. The summed E-state index contributed by atoms with van der Waals surface area (Å²) in [6.07, 6.45) is 8.13. The summed E-state index contributed by atoms with van der Waals surface area (Å²) in [5.74, 6) is 0.791. The molecule has 0 bridgehead atoms. The average Bonchev–Trinajstić information content (AvgIpc) is 3.10. The Hall–Kier alpha value is -1.50. The van der Waals surface area contributed by atoms with Crippen LogP contribution < -0.4 is 4.74 Å². The number of rotatable bonds is 9. The van der Waals surface area contributed by atoms with Gasteiger partial charge in [-0.15, -0.1) is 6.58 Å². The average molecular weight is 406 g/mol. The van der Waals surface area contributed by atoms with E-state index < -0.39 is 5.79 Å². The molecule has 28 heavy (non-hydrogen) atoms.